The summed E-state index contributed by atoms with van der Waals surface area (Å²) in [5, 5.41) is 13.2. The van der Waals surface area contributed by atoms with Crippen molar-refractivity contribution < 1.29 is 5.11 Å². The Labute approximate surface area is 105 Å². The summed E-state index contributed by atoms with van der Waals surface area (Å²) >= 11 is 0. The number of fused-ring (bicyclic) bond motifs is 4. The van der Waals surface area contributed by atoms with Gasteiger partial charge >= 0.3 is 0 Å². The zero-order valence-electron chi connectivity index (χ0n) is 9.93. The highest BCUT2D eigenvalue weighted by atomic mass is 16.3. The van der Waals surface area contributed by atoms with Crippen molar-refractivity contribution in [2.24, 2.45) is 0 Å². The number of aliphatic hydroxyl groups is 1. The molecule has 1 aromatic carbocycles. The summed E-state index contributed by atoms with van der Waals surface area (Å²) in [5.41, 5.74) is 6.18. The molecule has 4 rings (SSSR count). The highest BCUT2D eigenvalue weighted by Crippen LogP contribution is 2.37. The van der Waals surface area contributed by atoms with Crippen molar-refractivity contribution in [3.8, 4) is 0 Å². The largest absolute Gasteiger partial charge is 0.389 e. The molecule has 0 fully saturated rings. The molecule has 0 saturated heterocycles. The van der Waals surface area contributed by atoms with Gasteiger partial charge in [-0.25, -0.2) is 0 Å². The topological polar surface area (TPSA) is 37.2 Å². The average molecular weight is 238 g/mol. The molecule has 2 aliphatic heterocycles. The number of hydrogen-bond donors (Lipinski definition) is 2. The number of anilines is 2. The lowest BCUT2D eigenvalue weighted by molar-refractivity contribution is 0.220. The molecule has 2 aromatic rings. The Morgan fingerprint density at radius 1 is 1.22 bits per heavy atom. The van der Waals surface area contributed by atoms with Crippen LogP contribution in [0.15, 0.2) is 36.5 Å². The Kier molecular flexibility index (Phi) is 1.94. The normalized spacial score (nSPS) is 19.7. The smallest absolute Gasteiger partial charge is 0.0793 e. The van der Waals surface area contributed by atoms with E-state index in [4.69, 9.17) is 0 Å². The van der Waals surface area contributed by atoms with Crippen LogP contribution in [0.2, 0.25) is 0 Å². The van der Waals surface area contributed by atoms with E-state index in [-0.39, 0.29) is 6.10 Å². The van der Waals surface area contributed by atoms with Gasteiger partial charge in [-0.3, -0.25) is 0 Å². The Hall–Kier alpha value is -2.00. The van der Waals surface area contributed by atoms with E-state index >= 15 is 0 Å². The van der Waals surface area contributed by atoms with Crippen molar-refractivity contribution in [2.45, 2.75) is 18.9 Å². The van der Waals surface area contributed by atoms with Gasteiger partial charge in [0.05, 0.1) is 11.8 Å². The molecule has 3 heteroatoms. The predicted molar refractivity (Wildman–Crippen MR) is 72.0 cm³/mol. The maximum absolute atomic E-state index is 9.74. The summed E-state index contributed by atoms with van der Waals surface area (Å²) in [7, 11) is 0. The molecule has 90 valence electrons. The Bertz CT molecular complexity index is 655. The van der Waals surface area contributed by atoms with Crippen LogP contribution in [-0.4, -0.2) is 15.8 Å². The molecule has 0 aliphatic carbocycles. The molecular weight excluding hydrogens is 224 g/mol. The minimum absolute atomic E-state index is 0.365. The molecule has 0 amide bonds. The van der Waals surface area contributed by atoms with E-state index in [1.807, 2.05) is 18.3 Å². The minimum Gasteiger partial charge on any atom is -0.389 e. The second-order valence-electron chi connectivity index (χ2n) is 4.96. The monoisotopic (exact) mass is 238 g/mol. The van der Waals surface area contributed by atoms with Gasteiger partial charge in [0.1, 0.15) is 0 Å². The molecule has 2 aliphatic rings. The van der Waals surface area contributed by atoms with Gasteiger partial charge in [0.25, 0.3) is 0 Å². The summed E-state index contributed by atoms with van der Waals surface area (Å²) in [5.74, 6) is 0. The Balaban J connectivity index is 1.84. The number of rotatable bonds is 0. The molecule has 0 saturated carbocycles. The molecule has 1 unspecified atom stereocenters. The van der Waals surface area contributed by atoms with Gasteiger partial charge in [0.15, 0.2) is 0 Å². The number of benzene rings is 1. The molecule has 1 atom stereocenters. The molecule has 0 spiro atoms. The molecule has 18 heavy (non-hydrogen) atoms. The number of hydrogen-bond acceptors (Lipinski definition) is 2. The fourth-order valence-corrected chi connectivity index (χ4v) is 2.85. The van der Waals surface area contributed by atoms with E-state index in [1.165, 1.54) is 28.2 Å². The third-order valence-corrected chi connectivity index (χ3v) is 3.75. The molecule has 3 nitrogen and oxygen atoms in total. The first-order valence-electron chi connectivity index (χ1n) is 6.25. The molecule has 3 heterocycles. The van der Waals surface area contributed by atoms with Crippen LogP contribution in [0.4, 0.5) is 11.4 Å². The summed E-state index contributed by atoms with van der Waals surface area (Å²) in [6, 6.07) is 8.39. The van der Waals surface area contributed by atoms with Crippen LogP contribution < -0.4 is 5.32 Å². The van der Waals surface area contributed by atoms with Crippen molar-refractivity contribution in [1.82, 2.24) is 4.57 Å². The van der Waals surface area contributed by atoms with Gasteiger partial charge in [-0.2, -0.15) is 0 Å². The van der Waals surface area contributed by atoms with Gasteiger partial charge in [0.2, 0.25) is 0 Å². The predicted octanol–water partition coefficient (Wildman–Crippen LogP) is 2.52. The van der Waals surface area contributed by atoms with E-state index in [0.29, 0.717) is 6.42 Å². The third-order valence-electron chi connectivity index (χ3n) is 3.75. The first-order chi connectivity index (χ1) is 8.81. The Morgan fingerprint density at radius 3 is 3.06 bits per heavy atom. The van der Waals surface area contributed by atoms with Crippen LogP contribution in [0, 0.1) is 0 Å². The number of aliphatic hydroxyl groups excluding tert-OH is 1. The fraction of sp³-hybridized carbons (Fsp3) is 0.200. The molecule has 1 aromatic heterocycles. The maximum Gasteiger partial charge on any atom is 0.0793 e. The maximum atomic E-state index is 9.74. The van der Waals surface area contributed by atoms with Crippen LogP contribution in [0.1, 0.15) is 16.8 Å². The van der Waals surface area contributed by atoms with Gasteiger partial charge in [-0.05, 0) is 23.3 Å². The number of para-hydroxylation sites is 1. The third kappa shape index (κ3) is 1.34. The van der Waals surface area contributed by atoms with Crippen molar-refractivity contribution in [1.29, 1.82) is 0 Å². The van der Waals surface area contributed by atoms with Crippen molar-refractivity contribution in [2.75, 3.05) is 5.32 Å². The van der Waals surface area contributed by atoms with Gasteiger partial charge in [-0.1, -0.05) is 18.2 Å². The van der Waals surface area contributed by atoms with Crippen molar-refractivity contribution in [3.63, 3.8) is 0 Å². The average Bonchev–Trinajstić information content (AvgIpc) is 2.73. The van der Waals surface area contributed by atoms with Crippen LogP contribution in [0.25, 0.3) is 6.20 Å². The van der Waals surface area contributed by atoms with E-state index in [1.54, 1.807) is 0 Å². The zero-order valence-corrected chi connectivity index (χ0v) is 9.93. The van der Waals surface area contributed by atoms with Gasteiger partial charge in [0, 0.05) is 36.6 Å². The van der Waals surface area contributed by atoms with Crippen molar-refractivity contribution in [3.05, 3.63) is 53.4 Å². The van der Waals surface area contributed by atoms with E-state index in [0.717, 1.165) is 6.42 Å². The summed E-state index contributed by atoms with van der Waals surface area (Å²) < 4.78 is 2.12. The van der Waals surface area contributed by atoms with Crippen LogP contribution >= 0.6 is 0 Å². The Morgan fingerprint density at radius 2 is 2.11 bits per heavy atom. The lowest BCUT2D eigenvalue weighted by Crippen LogP contribution is -2.15. The van der Waals surface area contributed by atoms with Crippen LogP contribution in [0.5, 0.6) is 0 Å². The first kappa shape index (κ1) is 9.97. The SMILES string of the molecule is OC1C=Cn2cc3c(c2C1)Nc1ccccc1C3. The zero-order chi connectivity index (χ0) is 12.1. The lowest BCUT2D eigenvalue weighted by Gasteiger charge is -2.21. The van der Waals surface area contributed by atoms with Crippen LogP contribution in [-0.2, 0) is 12.8 Å². The highest BCUT2D eigenvalue weighted by Gasteiger charge is 2.23. The minimum atomic E-state index is -0.365. The highest BCUT2D eigenvalue weighted by molar-refractivity contribution is 5.75. The van der Waals surface area contributed by atoms with E-state index < -0.39 is 0 Å². The summed E-state index contributed by atoms with van der Waals surface area (Å²) in [6.07, 6.45) is 7.23. The second-order valence-corrected chi connectivity index (χ2v) is 4.96. The number of nitrogens with zero attached hydrogens (tertiary/aromatic N) is 1. The standard InChI is InChI=1S/C15H14N2O/c18-12-5-6-17-9-11-7-10-3-1-2-4-13(10)16-15(11)14(17)8-12/h1-6,9,12,16,18H,7-8H2. The van der Waals surface area contributed by atoms with E-state index in [9.17, 15) is 5.11 Å². The second kappa shape index (κ2) is 3.50. The first-order valence-corrected chi connectivity index (χ1v) is 6.25. The van der Waals surface area contributed by atoms with Gasteiger partial charge < -0.3 is 15.0 Å². The number of nitrogens with one attached hydrogen (secondary N) is 1. The molecule has 2 N–H and O–H groups in total. The molecular formula is C15H14N2O. The summed E-state index contributed by atoms with van der Waals surface area (Å²) in [6.45, 7) is 0. The summed E-state index contributed by atoms with van der Waals surface area (Å²) in [4.78, 5) is 0. The van der Waals surface area contributed by atoms with E-state index in [2.05, 4.69) is 34.3 Å². The lowest BCUT2D eigenvalue weighted by atomic mass is 9.98. The molecule has 0 radical (unpaired) electrons. The quantitative estimate of drug-likeness (QED) is 0.631. The number of aromatic nitrogens is 1. The fourth-order valence-electron chi connectivity index (χ4n) is 2.85. The van der Waals surface area contributed by atoms with Crippen molar-refractivity contribution >= 4 is 17.6 Å². The van der Waals surface area contributed by atoms with Crippen LogP contribution in [0.3, 0.4) is 0 Å². The van der Waals surface area contributed by atoms with Gasteiger partial charge in [-0.15, -0.1) is 0 Å². The molecule has 0 bridgehead atoms.